The zero-order chi connectivity index (χ0) is 11.6. The summed E-state index contributed by atoms with van der Waals surface area (Å²) in [5.41, 5.74) is 0. The Hall–Kier alpha value is -0.780. The van der Waals surface area contributed by atoms with Crippen molar-refractivity contribution in [3.8, 4) is 0 Å². The van der Waals surface area contributed by atoms with Gasteiger partial charge >= 0.3 is 0 Å². The zero-order valence-corrected chi connectivity index (χ0v) is 10.5. The lowest BCUT2D eigenvalue weighted by atomic mass is 10.3. The van der Waals surface area contributed by atoms with Gasteiger partial charge in [-0.2, -0.15) is 4.33 Å². The maximum Gasteiger partial charge on any atom is 0.244 e. The van der Waals surface area contributed by atoms with Gasteiger partial charge in [0.2, 0.25) is 6.33 Å². The van der Waals surface area contributed by atoms with E-state index in [9.17, 15) is 0 Å². The predicted octanol–water partition coefficient (Wildman–Crippen LogP) is 1.97. The maximum atomic E-state index is 4.72. The van der Waals surface area contributed by atoms with Crippen LogP contribution < -0.4 is 4.57 Å². The van der Waals surface area contributed by atoms with Crippen LogP contribution in [0.5, 0.6) is 0 Å². The number of nitrogens with zero attached hydrogens (tertiary/aromatic N) is 2. The molecule has 0 spiro atoms. The first kappa shape index (κ1) is 13.3. The number of imidazole rings is 1. The van der Waals surface area contributed by atoms with Gasteiger partial charge in [-0.3, -0.25) is 0 Å². The van der Waals surface area contributed by atoms with Crippen molar-refractivity contribution in [3.63, 3.8) is 0 Å². The summed E-state index contributed by atoms with van der Waals surface area (Å²) in [6.07, 6.45) is 10.4. The highest BCUT2D eigenvalue weighted by Crippen LogP contribution is 2.05. The number of aryl methyl sites for hydroxylation is 1. The van der Waals surface area contributed by atoms with E-state index >= 15 is 0 Å². The molecule has 0 amide bonds. The zero-order valence-electron chi connectivity index (χ0n) is 9.67. The van der Waals surface area contributed by atoms with Crippen LogP contribution in [0.1, 0.15) is 12.8 Å². The SMILES string of the molecule is C=CCn1cc[n+](CCCCSOOC)c1. The minimum atomic E-state index is 0.866. The van der Waals surface area contributed by atoms with Crippen LogP contribution in [-0.2, 0) is 22.3 Å². The number of hydrogen-bond acceptors (Lipinski definition) is 3. The Balaban J connectivity index is 2.09. The number of aromatic nitrogens is 2. The second-order valence-corrected chi connectivity index (χ2v) is 4.18. The van der Waals surface area contributed by atoms with E-state index in [2.05, 4.69) is 39.3 Å². The number of hydrogen-bond donors (Lipinski definition) is 0. The minimum absolute atomic E-state index is 0.866. The molecule has 0 atom stereocenters. The Kier molecular flexibility index (Phi) is 6.96. The van der Waals surface area contributed by atoms with Crippen molar-refractivity contribution in [3.05, 3.63) is 31.4 Å². The van der Waals surface area contributed by atoms with Gasteiger partial charge in [-0.15, -0.1) is 0 Å². The highest BCUT2D eigenvalue weighted by atomic mass is 32.2. The van der Waals surface area contributed by atoms with Gasteiger partial charge in [0, 0.05) is 17.8 Å². The predicted molar refractivity (Wildman–Crippen MR) is 64.6 cm³/mol. The third kappa shape index (κ3) is 5.34. The molecule has 0 unspecified atom stereocenters. The maximum absolute atomic E-state index is 4.72. The van der Waals surface area contributed by atoms with Gasteiger partial charge in [0.15, 0.2) is 0 Å². The molecule has 1 rings (SSSR count). The van der Waals surface area contributed by atoms with Gasteiger partial charge in [0.05, 0.1) is 13.7 Å². The van der Waals surface area contributed by atoms with E-state index in [0.717, 1.165) is 31.7 Å². The molecule has 1 aromatic rings. The molecule has 1 aromatic heterocycles. The van der Waals surface area contributed by atoms with Crippen molar-refractivity contribution in [1.29, 1.82) is 0 Å². The first-order valence-corrected chi connectivity index (χ1v) is 6.26. The fourth-order valence-corrected chi connectivity index (χ4v) is 1.85. The fraction of sp³-hybridized carbons (Fsp3) is 0.545. The fourth-order valence-electron chi connectivity index (χ4n) is 1.37. The number of unbranched alkanes of at least 4 members (excludes halogenated alkanes) is 1. The van der Waals surface area contributed by atoms with E-state index in [0.29, 0.717) is 0 Å². The quantitative estimate of drug-likeness (QED) is 0.166. The molecule has 0 aromatic carbocycles. The van der Waals surface area contributed by atoms with Crippen molar-refractivity contribution in [2.75, 3.05) is 12.9 Å². The Morgan fingerprint density at radius 3 is 3.12 bits per heavy atom. The molecule has 0 aliphatic rings. The van der Waals surface area contributed by atoms with E-state index in [1.54, 1.807) is 0 Å². The highest BCUT2D eigenvalue weighted by molar-refractivity contribution is 7.94. The highest BCUT2D eigenvalue weighted by Gasteiger charge is 2.01. The van der Waals surface area contributed by atoms with Gasteiger partial charge < -0.3 is 0 Å². The van der Waals surface area contributed by atoms with Gasteiger partial charge in [-0.25, -0.2) is 14.0 Å². The Morgan fingerprint density at radius 1 is 1.50 bits per heavy atom. The molecular weight excluding hydrogens is 224 g/mol. The molecule has 0 saturated heterocycles. The molecule has 1 heterocycles. The third-order valence-corrected chi connectivity index (χ3v) is 2.78. The summed E-state index contributed by atoms with van der Waals surface area (Å²) in [6.45, 7) is 5.62. The topological polar surface area (TPSA) is 27.3 Å². The minimum Gasteiger partial charge on any atom is -0.237 e. The summed E-state index contributed by atoms with van der Waals surface area (Å²) >= 11 is 1.35. The van der Waals surface area contributed by atoms with Crippen molar-refractivity contribution in [2.24, 2.45) is 0 Å². The summed E-state index contributed by atoms with van der Waals surface area (Å²) in [7, 11) is 1.52. The Morgan fingerprint density at radius 2 is 2.38 bits per heavy atom. The van der Waals surface area contributed by atoms with Gasteiger partial charge in [-0.1, -0.05) is 12.7 Å². The monoisotopic (exact) mass is 243 g/mol. The standard InChI is InChI=1S/C11H19N2O2S/c1-3-6-12-8-9-13(11-12)7-4-5-10-16-15-14-2/h3,8-9,11H,1,4-7,10H2,2H3/q+1. The van der Waals surface area contributed by atoms with Crippen LogP contribution in [-0.4, -0.2) is 17.4 Å². The average Bonchev–Trinajstić information content (AvgIpc) is 2.72. The molecule has 5 heteroatoms. The summed E-state index contributed by atoms with van der Waals surface area (Å²) in [4.78, 5) is 4.48. The van der Waals surface area contributed by atoms with E-state index < -0.39 is 0 Å². The van der Waals surface area contributed by atoms with E-state index in [1.165, 1.54) is 19.2 Å². The molecule has 0 radical (unpaired) electrons. The van der Waals surface area contributed by atoms with Crippen molar-refractivity contribution in [1.82, 2.24) is 4.57 Å². The molecule has 0 bridgehead atoms. The van der Waals surface area contributed by atoms with Crippen molar-refractivity contribution < 1.29 is 13.8 Å². The largest absolute Gasteiger partial charge is 0.244 e. The summed E-state index contributed by atoms with van der Waals surface area (Å²) < 4.78 is 9.01. The van der Waals surface area contributed by atoms with Gasteiger partial charge in [-0.05, 0) is 12.8 Å². The molecule has 0 aliphatic heterocycles. The molecule has 90 valence electrons. The first-order valence-electron chi connectivity index (χ1n) is 5.35. The number of allylic oxidation sites excluding steroid dienone is 1. The van der Waals surface area contributed by atoms with Crippen LogP contribution in [0.4, 0.5) is 0 Å². The molecule has 16 heavy (non-hydrogen) atoms. The van der Waals surface area contributed by atoms with E-state index in [1.807, 2.05) is 6.08 Å². The summed E-state index contributed by atoms with van der Waals surface area (Å²) in [6, 6.07) is 0. The lowest BCUT2D eigenvalue weighted by Gasteiger charge is -1.98. The lowest BCUT2D eigenvalue weighted by molar-refractivity contribution is -0.696. The molecular formula is C11H19N2O2S+. The van der Waals surface area contributed by atoms with E-state index in [-0.39, 0.29) is 0 Å². The first-order chi connectivity index (χ1) is 7.86. The van der Waals surface area contributed by atoms with Crippen LogP contribution in [0, 0.1) is 0 Å². The molecule has 0 aliphatic carbocycles. The second kappa shape index (κ2) is 8.38. The smallest absolute Gasteiger partial charge is 0.237 e. The third-order valence-electron chi connectivity index (χ3n) is 2.10. The summed E-state index contributed by atoms with van der Waals surface area (Å²) in [5.74, 6) is 0.960. The average molecular weight is 243 g/mol. The lowest BCUT2D eigenvalue weighted by Crippen LogP contribution is -2.30. The molecule has 4 nitrogen and oxygen atoms in total. The Bertz CT molecular complexity index is 302. The van der Waals surface area contributed by atoms with Crippen molar-refractivity contribution >= 4 is 12.0 Å². The molecule has 0 saturated carbocycles. The normalized spacial score (nSPS) is 10.6. The van der Waals surface area contributed by atoms with Gasteiger partial charge in [0.1, 0.15) is 18.9 Å². The van der Waals surface area contributed by atoms with Crippen LogP contribution in [0.25, 0.3) is 0 Å². The van der Waals surface area contributed by atoms with Crippen molar-refractivity contribution in [2.45, 2.75) is 25.9 Å². The summed E-state index contributed by atoms with van der Waals surface area (Å²) in [5, 5.41) is 0. The molecule has 0 fully saturated rings. The van der Waals surface area contributed by atoms with Gasteiger partial charge in [0.25, 0.3) is 0 Å². The second-order valence-electron chi connectivity index (χ2n) is 3.40. The number of rotatable bonds is 9. The molecule has 0 N–H and O–H groups in total. The van der Waals surface area contributed by atoms with Crippen LogP contribution in [0.2, 0.25) is 0 Å². The Labute approximate surface area is 101 Å². The van der Waals surface area contributed by atoms with Crippen LogP contribution >= 0.6 is 12.0 Å². The van der Waals surface area contributed by atoms with Crippen LogP contribution in [0.3, 0.4) is 0 Å². The van der Waals surface area contributed by atoms with E-state index in [4.69, 9.17) is 4.33 Å². The van der Waals surface area contributed by atoms with Crippen LogP contribution in [0.15, 0.2) is 31.4 Å².